The first kappa shape index (κ1) is 16.8. The molecule has 1 heterocycles. The number of para-hydroxylation sites is 1. The van der Waals surface area contributed by atoms with E-state index in [1.54, 1.807) is 6.92 Å². The van der Waals surface area contributed by atoms with Gasteiger partial charge in [-0.3, -0.25) is 9.59 Å². The number of fused-ring (bicyclic) bond motifs is 1. The van der Waals surface area contributed by atoms with Crippen molar-refractivity contribution in [3.8, 4) is 5.75 Å². The van der Waals surface area contributed by atoms with E-state index in [-0.39, 0.29) is 18.1 Å². The highest BCUT2D eigenvalue weighted by Gasteiger charge is 2.05. The predicted octanol–water partition coefficient (Wildman–Crippen LogP) is 2.84. The number of aromatic amines is 1. The van der Waals surface area contributed by atoms with Crippen molar-refractivity contribution in [3.05, 3.63) is 75.6 Å². The zero-order chi connectivity index (χ0) is 17.8. The average molecular weight is 336 g/mol. The molecule has 25 heavy (non-hydrogen) atoms. The number of carbonyl (C=O) groups excluding carboxylic acids is 1. The molecule has 0 unspecified atom stereocenters. The predicted molar refractivity (Wildman–Crippen MR) is 97.8 cm³/mol. The Bertz CT molecular complexity index is 976. The van der Waals surface area contributed by atoms with Crippen LogP contribution < -0.4 is 15.6 Å². The molecule has 0 saturated carbocycles. The van der Waals surface area contributed by atoms with Crippen molar-refractivity contribution in [2.45, 2.75) is 20.4 Å². The van der Waals surface area contributed by atoms with Gasteiger partial charge < -0.3 is 15.0 Å². The van der Waals surface area contributed by atoms with Gasteiger partial charge in [-0.2, -0.15) is 0 Å². The number of hydrogen-bond donors (Lipinski definition) is 2. The molecular formula is C20H20N2O3. The Morgan fingerprint density at radius 2 is 1.88 bits per heavy atom. The van der Waals surface area contributed by atoms with Crippen LogP contribution in [0, 0.1) is 13.8 Å². The third-order valence-electron chi connectivity index (χ3n) is 4.04. The van der Waals surface area contributed by atoms with E-state index in [0.717, 1.165) is 22.0 Å². The molecule has 128 valence electrons. The molecule has 2 N–H and O–H groups in total. The van der Waals surface area contributed by atoms with E-state index in [4.69, 9.17) is 4.74 Å². The third kappa shape index (κ3) is 4.07. The van der Waals surface area contributed by atoms with Gasteiger partial charge in [-0.25, -0.2) is 0 Å². The number of hydrogen-bond acceptors (Lipinski definition) is 3. The van der Waals surface area contributed by atoms with Crippen molar-refractivity contribution in [1.29, 1.82) is 0 Å². The summed E-state index contributed by atoms with van der Waals surface area (Å²) in [6.07, 6.45) is 0. The van der Waals surface area contributed by atoms with Crippen LogP contribution in [0.1, 0.15) is 16.7 Å². The molecule has 0 bridgehead atoms. The molecule has 5 heteroatoms. The quantitative estimate of drug-likeness (QED) is 0.752. The molecule has 5 nitrogen and oxygen atoms in total. The minimum Gasteiger partial charge on any atom is -0.484 e. The maximum absolute atomic E-state index is 12.0. The molecule has 0 aliphatic heterocycles. The summed E-state index contributed by atoms with van der Waals surface area (Å²) in [5, 5.41) is 3.79. The van der Waals surface area contributed by atoms with Crippen LogP contribution in [-0.2, 0) is 11.3 Å². The van der Waals surface area contributed by atoms with E-state index in [1.807, 2.05) is 55.5 Å². The van der Waals surface area contributed by atoms with E-state index in [0.29, 0.717) is 17.9 Å². The Morgan fingerprint density at radius 3 is 2.68 bits per heavy atom. The number of pyridine rings is 1. The first-order valence-electron chi connectivity index (χ1n) is 8.10. The van der Waals surface area contributed by atoms with Gasteiger partial charge in [-0.05, 0) is 54.6 Å². The number of ether oxygens (including phenoxy) is 1. The van der Waals surface area contributed by atoms with Crippen molar-refractivity contribution in [2.24, 2.45) is 0 Å². The van der Waals surface area contributed by atoms with Gasteiger partial charge >= 0.3 is 0 Å². The fourth-order valence-corrected chi connectivity index (χ4v) is 2.59. The summed E-state index contributed by atoms with van der Waals surface area (Å²) >= 11 is 0. The van der Waals surface area contributed by atoms with Crippen LogP contribution in [0.15, 0.2) is 53.3 Å². The van der Waals surface area contributed by atoms with Gasteiger partial charge in [-0.1, -0.05) is 24.3 Å². The molecule has 0 spiro atoms. The number of rotatable bonds is 5. The van der Waals surface area contributed by atoms with Crippen LogP contribution in [0.5, 0.6) is 5.75 Å². The molecule has 0 aliphatic rings. The monoisotopic (exact) mass is 336 g/mol. The second-order valence-corrected chi connectivity index (χ2v) is 6.03. The van der Waals surface area contributed by atoms with E-state index in [2.05, 4.69) is 10.3 Å². The van der Waals surface area contributed by atoms with Crippen LogP contribution >= 0.6 is 0 Å². The van der Waals surface area contributed by atoms with Gasteiger partial charge in [0.15, 0.2) is 6.61 Å². The van der Waals surface area contributed by atoms with Gasteiger partial charge in [0.25, 0.3) is 11.5 Å². The third-order valence-corrected chi connectivity index (χ3v) is 4.04. The molecule has 0 saturated heterocycles. The molecule has 0 fully saturated rings. The second-order valence-electron chi connectivity index (χ2n) is 6.03. The number of H-pyrrole nitrogens is 1. The standard InChI is InChI=1S/C20H20N2O3/c1-13-5-3-4-6-18(13)25-12-19(23)21-11-15-7-8-17-16(10-15)9-14(2)20(24)22-17/h3-10H,11-12H2,1-2H3,(H,21,23)(H,22,24). The lowest BCUT2D eigenvalue weighted by Crippen LogP contribution is -2.28. The molecular weight excluding hydrogens is 316 g/mol. The van der Waals surface area contributed by atoms with Gasteiger partial charge in [-0.15, -0.1) is 0 Å². The minimum atomic E-state index is -0.180. The van der Waals surface area contributed by atoms with Gasteiger partial charge in [0.2, 0.25) is 0 Å². The Balaban J connectivity index is 1.60. The molecule has 0 atom stereocenters. The Hall–Kier alpha value is -3.08. The number of aromatic nitrogens is 1. The van der Waals surface area contributed by atoms with E-state index in [9.17, 15) is 9.59 Å². The fraction of sp³-hybridized carbons (Fsp3) is 0.200. The number of aryl methyl sites for hydroxylation is 2. The summed E-state index contributed by atoms with van der Waals surface area (Å²) in [6, 6.07) is 15.1. The van der Waals surface area contributed by atoms with Crippen molar-refractivity contribution >= 4 is 16.8 Å². The normalized spacial score (nSPS) is 10.6. The highest BCUT2D eigenvalue weighted by atomic mass is 16.5. The zero-order valence-electron chi connectivity index (χ0n) is 14.3. The number of nitrogens with one attached hydrogen (secondary N) is 2. The maximum Gasteiger partial charge on any atom is 0.258 e. The Morgan fingerprint density at radius 1 is 1.08 bits per heavy atom. The molecule has 0 radical (unpaired) electrons. The fourth-order valence-electron chi connectivity index (χ4n) is 2.59. The molecule has 2 aromatic carbocycles. The molecule has 1 aromatic heterocycles. The lowest BCUT2D eigenvalue weighted by molar-refractivity contribution is -0.123. The zero-order valence-corrected chi connectivity index (χ0v) is 14.3. The summed E-state index contributed by atoms with van der Waals surface area (Å²) in [6.45, 7) is 4.10. The van der Waals surface area contributed by atoms with Gasteiger partial charge in [0, 0.05) is 17.6 Å². The molecule has 1 amide bonds. The lowest BCUT2D eigenvalue weighted by atomic mass is 10.1. The SMILES string of the molecule is Cc1ccccc1OCC(=O)NCc1ccc2[nH]c(=O)c(C)cc2c1. The van der Waals surface area contributed by atoms with Crippen LogP contribution in [0.3, 0.4) is 0 Å². The van der Waals surface area contributed by atoms with Crippen LogP contribution in [0.2, 0.25) is 0 Å². The van der Waals surface area contributed by atoms with Gasteiger partial charge in [0.05, 0.1) is 0 Å². The highest BCUT2D eigenvalue weighted by molar-refractivity contribution is 5.80. The van der Waals surface area contributed by atoms with Crippen molar-refractivity contribution in [3.63, 3.8) is 0 Å². The number of carbonyl (C=O) groups is 1. The van der Waals surface area contributed by atoms with E-state index >= 15 is 0 Å². The first-order valence-corrected chi connectivity index (χ1v) is 8.10. The number of benzene rings is 2. The maximum atomic E-state index is 12.0. The van der Waals surface area contributed by atoms with Crippen LogP contribution in [0.25, 0.3) is 10.9 Å². The number of amides is 1. The summed E-state index contributed by atoms with van der Waals surface area (Å²) in [7, 11) is 0. The van der Waals surface area contributed by atoms with Gasteiger partial charge in [0.1, 0.15) is 5.75 Å². The molecule has 0 aliphatic carbocycles. The van der Waals surface area contributed by atoms with Crippen LogP contribution in [-0.4, -0.2) is 17.5 Å². The molecule has 3 rings (SSSR count). The van der Waals surface area contributed by atoms with Crippen molar-refractivity contribution in [1.82, 2.24) is 10.3 Å². The van der Waals surface area contributed by atoms with E-state index in [1.165, 1.54) is 0 Å². The largest absolute Gasteiger partial charge is 0.484 e. The molecule has 3 aromatic rings. The second kappa shape index (κ2) is 7.21. The highest BCUT2D eigenvalue weighted by Crippen LogP contribution is 2.16. The summed E-state index contributed by atoms with van der Waals surface area (Å²) in [5.41, 5.74) is 3.33. The summed E-state index contributed by atoms with van der Waals surface area (Å²) < 4.78 is 5.53. The lowest BCUT2D eigenvalue weighted by Gasteiger charge is -2.10. The van der Waals surface area contributed by atoms with E-state index < -0.39 is 0 Å². The van der Waals surface area contributed by atoms with Crippen molar-refractivity contribution in [2.75, 3.05) is 6.61 Å². The smallest absolute Gasteiger partial charge is 0.258 e. The van der Waals surface area contributed by atoms with Crippen LogP contribution in [0.4, 0.5) is 0 Å². The first-order chi connectivity index (χ1) is 12.0. The summed E-state index contributed by atoms with van der Waals surface area (Å²) in [4.78, 5) is 26.4. The minimum absolute atomic E-state index is 0.0230. The summed E-state index contributed by atoms with van der Waals surface area (Å²) in [5.74, 6) is 0.531. The Kier molecular flexibility index (Phi) is 4.84. The Labute approximate surface area is 145 Å². The average Bonchev–Trinajstić information content (AvgIpc) is 2.60. The topological polar surface area (TPSA) is 71.2 Å². The van der Waals surface area contributed by atoms with Crippen molar-refractivity contribution < 1.29 is 9.53 Å².